The van der Waals surface area contributed by atoms with Crippen LogP contribution >= 0.6 is 11.8 Å². The summed E-state index contributed by atoms with van der Waals surface area (Å²) in [6.45, 7) is 4.36. The molecule has 6 nitrogen and oxygen atoms in total. The quantitative estimate of drug-likeness (QED) is 0.235. The molecule has 0 fully saturated rings. The molecular formula is C26H28N2O4S. The summed E-state index contributed by atoms with van der Waals surface area (Å²) in [5, 5.41) is 2.64. The average molecular weight is 465 g/mol. The summed E-state index contributed by atoms with van der Waals surface area (Å²) in [6, 6.07) is 18.7. The zero-order chi connectivity index (χ0) is 23.6. The first-order valence-corrected chi connectivity index (χ1v) is 12.1. The number of nitrogens with one attached hydrogen (secondary N) is 1. The molecule has 33 heavy (non-hydrogen) atoms. The maximum atomic E-state index is 13.6. The third-order valence-electron chi connectivity index (χ3n) is 5.41. The van der Waals surface area contributed by atoms with Crippen molar-refractivity contribution in [1.82, 2.24) is 5.32 Å². The van der Waals surface area contributed by atoms with E-state index in [0.717, 1.165) is 5.56 Å². The molecule has 0 saturated heterocycles. The van der Waals surface area contributed by atoms with Crippen molar-refractivity contribution in [2.24, 2.45) is 10.9 Å². The molecule has 2 unspecified atom stereocenters. The Bertz CT molecular complexity index is 1030. The molecule has 0 saturated carbocycles. The van der Waals surface area contributed by atoms with E-state index in [1.807, 2.05) is 55.5 Å². The Labute approximate surface area is 198 Å². The van der Waals surface area contributed by atoms with E-state index in [1.165, 1.54) is 0 Å². The fourth-order valence-electron chi connectivity index (χ4n) is 3.99. The van der Waals surface area contributed by atoms with Crippen LogP contribution in [-0.4, -0.2) is 48.5 Å². The Kier molecular flexibility index (Phi) is 9.01. The van der Waals surface area contributed by atoms with Gasteiger partial charge in [0.15, 0.2) is 5.78 Å². The largest absolute Gasteiger partial charge is 0.465 e. The van der Waals surface area contributed by atoms with Crippen LogP contribution in [0.2, 0.25) is 0 Å². The van der Waals surface area contributed by atoms with Crippen molar-refractivity contribution in [3.05, 3.63) is 83.1 Å². The van der Waals surface area contributed by atoms with Crippen LogP contribution in [0.15, 0.2) is 76.9 Å². The van der Waals surface area contributed by atoms with E-state index in [9.17, 15) is 14.4 Å². The predicted molar refractivity (Wildman–Crippen MR) is 132 cm³/mol. The SMILES string of the molecule is CCOC(=O)C1C(CSCCNC=O)=NC(C)=C(C(=O)c2ccccc2)C1c1ccccc1. The minimum Gasteiger partial charge on any atom is -0.465 e. The van der Waals surface area contributed by atoms with Crippen molar-refractivity contribution in [2.45, 2.75) is 19.8 Å². The summed E-state index contributed by atoms with van der Waals surface area (Å²) >= 11 is 1.58. The number of aliphatic imine (C=N–C) groups is 1. The molecule has 0 spiro atoms. The molecule has 0 bridgehead atoms. The summed E-state index contributed by atoms with van der Waals surface area (Å²) in [7, 11) is 0. The molecule has 0 radical (unpaired) electrons. The summed E-state index contributed by atoms with van der Waals surface area (Å²) < 4.78 is 5.46. The molecule has 2 atom stereocenters. The number of ether oxygens (including phenoxy) is 1. The van der Waals surface area contributed by atoms with Gasteiger partial charge in [-0.15, -0.1) is 0 Å². The van der Waals surface area contributed by atoms with Gasteiger partial charge in [0.1, 0.15) is 5.92 Å². The maximum Gasteiger partial charge on any atom is 0.315 e. The van der Waals surface area contributed by atoms with Crippen LogP contribution < -0.4 is 5.32 Å². The average Bonchev–Trinajstić information content (AvgIpc) is 2.84. The van der Waals surface area contributed by atoms with E-state index in [1.54, 1.807) is 30.8 Å². The van der Waals surface area contributed by atoms with Gasteiger partial charge in [-0.25, -0.2) is 0 Å². The summed E-state index contributed by atoms with van der Waals surface area (Å²) in [5.41, 5.74) is 3.24. The molecule has 2 aromatic rings. The van der Waals surface area contributed by atoms with Crippen LogP contribution in [0.5, 0.6) is 0 Å². The molecule has 1 aliphatic rings. The number of ketones is 1. The molecule has 2 aromatic carbocycles. The van der Waals surface area contributed by atoms with Crippen LogP contribution in [-0.2, 0) is 14.3 Å². The van der Waals surface area contributed by atoms with Gasteiger partial charge in [-0.05, 0) is 19.4 Å². The number of esters is 1. The highest BCUT2D eigenvalue weighted by atomic mass is 32.2. The highest BCUT2D eigenvalue weighted by molar-refractivity contribution is 8.00. The Hall–Kier alpha value is -3.19. The molecule has 0 aromatic heterocycles. The predicted octanol–water partition coefficient (Wildman–Crippen LogP) is 4.04. The lowest BCUT2D eigenvalue weighted by molar-refractivity contribution is -0.146. The van der Waals surface area contributed by atoms with Crippen molar-refractivity contribution in [1.29, 1.82) is 0 Å². The number of hydrogen-bond acceptors (Lipinski definition) is 6. The van der Waals surface area contributed by atoms with Crippen molar-refractivity contribution in [3.8, 4) is 0 Å². The Morgan fingerprint density at radius 3 is 2.39 bits per heavy atom. The molecule has 1 N–H and O–H groups in total. The normalized spacial score (nSPS) is 17.8. The van der Waals surface area contributed by atoms with Crippen LogP contribution in [0, 0.1) is 5.92 Å². The molecule has 3 rings (SSSR count). The molecule has 172 valence electrons. The number of thioether (sulfide) groups is 1. The van der Waals surface area contributed by atoms with E-state index in [-0.39, 0.29) is 18.4 Å². The number of Topliss-reactive ketones (excluding diaryl/α,β-unsaturated/α-hetero) is 1. The number of allylic oxidation sites excluding steroid dienone is 2. The second-order valence-corrected chi connectivity index (χ2v) is 8.65. The third kappa shape index (κ3) is 5.99. The number of rotatable bonds is 11. The fraction of sp³-hybridized carbons (Fsp3) is 0.308. The first-order chi connectivity index (χ1) is 16.1. The number of carbonyl (C=O) groups is 3. The van der Waals surface area contributed by atoms with Crippen molar-refractivity contribution in [3.63, 3.8) is 0 Å². The van der Waals surface area contributed by atoms with Crippen LogP contribution in [0.25, 0.3) is 0 Å². The Morgan fingerprint density at radius 2 is 1.76 bits per heavy atom. The minimum atomic E-state index is -0.703. The summed E-state index contributed by atoms with van der Waals surface area (Å²) in [5.74, 6) is -0.548. The second-order valence-electron chi connectivity index (χ2n) is 7.54. The second kappa shape index (κ2) is 12.2. The van der Waals surface area contributed by atoms with Gasteiger partial charge >= 0.3 is 5.97 Å². The topological polar surface area (TPSA) is 84.8 Å². The maximum absolute atomic E-state index is 13.6. The van der Waals surface area contributed by atoms with E-state index in [4.69, 9.17) is 9.73 Å². The van der Waals surface area contributed by atoms with E-state index >= 15 is 0 Å². The van der Waals surface area contributed by atoms with Gasteiger partial charge in [-0.2, -0.15) is 11.8 Å². The first-order valence-electron chi connectivity index (χ1n) is 10.9. The first kappa shape index (κ1) is 24.5. The molecule has 1 amide bonds. The van der Waals surface area contributed by atoms with Gasteiger partial charge in [0.25, 0.3) is 0 Å². The Morgan fingerprint density at radius 1 is 1.09 bits per heavy atom. The van der Waals surface area contributed by atoms with Gasteiger partial charge in [-0.1, -0.05) is 60.7 Å². The van der Waals surface area contributed by atoms with Crippen LogP contribution in [0.3, 0.4) is 0 Å². The lowest BCUT2D eigenvalue weighted by Crippen LogP contribution is -2.38. The zero-order valence-corrected chi connectivity index (χ0v) is 19.6. The van der Waals surface area contributed by atoms with Gasteiger partial charge in [0, 0.05) is 46.5 Å². The summed E-state index contributed by atoms with van der Waals surface area (Å²) in [6.07, 6.45) is 0.667. The van der Waals surface area contributed by atoms with Crippen molar-refractivity contribution in [2.75, 3.05) is 24.7 Å². The van der Waals surface area contributed by atoms with Crippen molar-refractivity contribution < 1.29 is 19.1 Å². The number of carbonyl (C=O) groups excluding carboxylic acids is 3. The van der Waals surface area contributed by atoms with Crippen molar-refractivity contribution >= 4 is 35.6 Å². The zero-order valence-electron chi connectivity index (χ0n) is 18.8. The monoisotopic (exact) mass is 464 g/mol. The number of hydrogen-bond donors (Lipinski definition) is 1. The van der Waals surface area contributed by atoms with E-state index in [0.29, 0.717) is 47.0 Å². The summed E-state index contributed by atoms with van der Waals surface area (Å²) in [4.78, 5) is 42.1. The lowest BCUT2D eigenvalue weighted by Gasteiger charge is -2.33. The number of amides is 1. The smallest absolute Gasteiger partial charge is 0.315 e. The number of benzene rings is 2. The van der Waals surface area contributed by atoms with Crippen LogP contribution in [0.4, 0.5) is 0 Å². The molecule has 0 aliphatic carbocycles. The molecular weight excluding hydrogens is 436 g/mol. The minimum absolute atomic E-state index is 0.137. The van der Waals surface area contributed by atoms with Gasteiger partial charge in [-0.3, -0.25) is 19.4 Å². The lowest BCUT2D eigenvalue weighted by atomic mass is 9.73. The van der Waals surface area contributed by atoms with E-state index in [2.05, 4.69) is 5.32 Å². The van der Waals surface area contributed by atoms with Gasteiger partial charge in [0.2, 0.25) is 6.41 Å². The molecule has 1 heterocycles. The highest BCUT2D eigenvalue weighted by Gasteiger charge is 2.43. The number of nitrogens with zero attached hydrogens (tertiary/aromatic N) is 1. The standard InChI is InChI=1S/C26H28N2O4S/c1-3-32-26(31)24-21(16-33-15-14-27-17-29)28-18(2)22(23(24)19-10-6-4-7-11-19)25(30)20-12-8-5-9-13-20/h4-13,17,23-24H,3,14-16H2,1-2H3,(H,27,29). The third-order valence-corrected chi connectivity index (χ3v) is 6.40. The molecule has 7 heteroatoms. The van der Waals surface area contributed by atoms with Gasteiger partial charge in [0.05, 0.1) is 6.61 Å². The van der Waals surface area contributed by atoms with E-state index < -0.39 is 11.8 Å². The molecule has 1 aliphatic heterocycles. The van der Waals surface area contributed by atoms with Gasteiger partial charge < -0.3 is 10.1 Å². The van der Waals surface area contributed by atoms with Crippen LogP contribution in [0.1, 0.15) is 35.7 Å². The Balaban J connectivity index is 2.07. The highest BCUT2D eigenvalue weighted by Crippen LogP contribution is 2.41. The fourth-order valence-corrected chi connectivity index (χ4v) is 4.85.